The van der Waals surface area contributed by atoms with Crippen LogP contribution in [0, 0.1) is 0 Å². The molecule has 2 heterocycles. The average molecular weight is 268 g/mol. The molecule has 0 aliphatic heterocycles. The second kappa shape index (κ2) is 5.64. The molecule has 0 saturated carbocycles. The van der Waals surface area contributed by atoms with Crippen LogP contribution in [-0.4, -0.2) is 19.7 Å². The van der Waals surface area contributed by atoms with Gasteiger partial charge in [-0.25, -0.2) is 4.98 Å². The van der Waals surface area contributed by atoms with E-state index in [4.69, 9.17) is 0 Å². The lowest BCUT2D eigenvalue weighted by Crippen LogP contribution is -2.01. The van der Waals surface area contributed by atoms with Gasteiger partial charge in [0.25, 0.3) is 0 Å². The van der Waals surface area contributed by atoms with Crippen molar-refractivity contribution in [1.29, 1.82) is 0 Å². The van der Waals surface area contributed by atoms with Crippen LogP contribution >= 0.6 is 23.1 Å². The molecule has 0 bridgehead atoms. The topological polar surface area (TPSA) is 43.6 Å². The van der Waals surface area contributed by atoms with E-state index in [1.54, 1.807) is 29.4 Å². The van der Waals surface area contributed by atoms with Crippen LogP contribution in [0.5, 0.6) is 0 Å². The van der Waals surface area contributed by atoms with Gasteiger partial charge < -0.3 is 4.57 Å². The Morgan fingerprint density at radius 1 is 1.47 bits per heavy atom. The molecule has 0 amide bonds. The van der Waals surface area contributed by atoms with Crippen LogP contribution in [-0.2, 0) is 12.2 Å². The first-order valence-corrected chi connectivity index (χ1v) is 7.52. The number of nitrogens with zero attached hydrogens (tertiary/aromatic N) is 4. The molecule has 0 N–H and O–H groups in total. The Balaban J connectivity index is 1.99. The van der Waals surface area contributed by atoms with Gasteiger partial charge in [-0.3, -0.25) is 0 Å². The summed E-state index contributed by atoms with van der Waals surface area (Å²) in [7, 11) is 0. The highest BCUT2D eigenvalue weighted by Crippen LogP contribution is 2.23. The fourth-order valence-corrected chi connectivity index (χ4v) is 3.19. The zero-order valence-electron chi connectivity index (χ0n) is 10.3. The van der Waals surface area contributed by atoms with Crippen molar-refractivity contribution < 1.29 is 0 Å². The van der Waals surface area contributed by atoms with E-state index in [-0.39, 0.29) is 0 Å². The van der Waals surface area contributed by atoms with Crippen LogP contribution in [0.15, 0.2) is 16.9 Å². The molecule has 0 aliphatic rings. The van der Waals surface area contributed by atoms with Crippen LogP contribution in [0.1, 0.15) is 37.5 Å². The summed E-state index contributed by atoms with van der Waals surface area (Å²) in [5, 5.41) is 12.4. The first kappa shape index (κ1) is 12.6. The van der Waals surface area contributed by atoms with Crippen molar-refractivity contribution in [2.45, 2.75) is 44.1 Å². The largest absolute Gasteiger partial charge is 0.306 e. The van der Waals surface area contributed by atoms with Gasteiger partial charge in [0.05, 0.1) is 10.7 Å². The number of hydrogen-bond acceptors (Lipinski definition) is 5. The number of rotatable bonds is 5. The van der Waals surface area contributed by atoms with E-state index in [1.165, 1.54) is 5.01 Å². The minimum atomic E-state index is 0.397. The summed E-state index contributed by atoms with van der Waals surface area (Å²) in [6.07, 6.45) is 2.79. The van der Waals surface area contributed by atoms with E-state index in [0.29, 0.717) is 6.04 Å². The van der Waals surface area contributed by atoms with E-state index in [0.717, 1.165) is 23.0 Å². The summed E-state index contributed by atoms with van der Waals surface area (Å²) >= 11 is 3.42. The first-order valence-electron chi connectivity index (χ1n) is 5.66. The van der Waals surface area contributed by atoms with Gasteiger partial charge in [-0.1, -0.05) is 18.7 Å². The molecule has 4 nitrogen and oxygen atoms in total. The number of thiazole rings is 1. The van der Waals surface area contributed by atoms with Crippen molar-refractivity contribution >= 4 is 23.1 Å². The molecule has 0 fully saturated rings. The summed E-state index contributed by atoms with van der Waals surface area (Å²) in [5.41, 5.74) is 1.13. The molecular formula is C11H16N4S2. The first-order chi connectivity index (χ1) is 8.20. The molecule has 92 valence electrons. The Morgan fingerprint density at radius 3 is 2.94 bits per heavy atom. The molecule has 2 aromatic rings. The summed E-state index contributed by atoms with van der Waals surface area (Å²) in [4.78, 5) is 4.54. The number of aryl methyl sites for hydroxylation is 1. The van der Waals surface area contributed by atoms with Gasteiger partial charge in [0.1, 0.15) is 6.33 Å². The maximum Gasteiger partial charge on any atom is 0.191 e. The van der Waals surface area contributed by atoms with Crippen molar-refractivity contribution in [3.05, 3.63) is 22.4 Å². The second-order valence-corrected chi connectivity index (χ2v) is 5.87. The van der Waals surface area contributed by atoms with Gasteiger partial charge in [-0.2, -0.15) is 0 Å². The van der Waals surface area contributed by atoms with Gasteiger partial charge in [0.15, 0.2) is 5.16 Å². The minimum absolute atomic E-state index is 0.397. The average Bonchev–Trinajstić information content (AvgIpc) is 2.95. The van der Waals surface area contributed by atoms with E-state index in [9.17, 15) is 0 Å². The van der Waals surface area contributed by atoms with Crippen LogP contribution in [0.3, 0.4) is 0 Å². The third kappa shape index (κ3) is 3.07. The third-order valence-corrected chi connectivity index (χ3v) is 4.38. The van der Waals surface area contributed by atoms with E-state index in [1.807, 2.05) is 0 Å². The molecule has 0 saturated heterocycles. The number of thioether (sulfide) groups is 1. The van der Waals surface area contributed by atoms with Crippen LogP contribution in [0.2, 0.25) is 0 Å². The Hall–Kier alpha value is -0.880. The number of aromatic nitrogens is 4. The van der Waals surface area contributed by atoms with E-state index < -0.39 is 0 Å². The Bertz CT molecular complexity index is 475. The van der Waals surface area contributed by atoms with Gasteiger partial charge in [-0.15, -0.1) is 21.5 Å². The highest BCUT2D eigenvalue weighted by Gasteiger charge is 2.09. The predicted octanol–water partition coefficient (Wildman–Crippen LogP) is 3.17. The third-order valence-electron chi connectivity index (χ3n) is 2.35. The second-order valence-electron chi connectivity index (χ2n) is 3.99. The highest BCUT2D eigenvalue weighted by molar-refractivity contribution is 7.98. The summed E-state index contributed by atoms with van der Waals surface area (Å²) in [5.74, 6) is 0.863. The molecule has 0 radical (unpaired) electrons. The zero-order valence-corrected chi connectivity index (χ0v) is 11.9. The number of hydrogen-bond donors (Lipinski definition) is 0. The molecule has 2 rings (SSSR count). The maximum absolute atomic E-state index is 4.54. The fourth-order valence-electron chi connectivity index (χ4n) is 1.41. The smallest absolute Gasteiger partial charge is 0.191 e. The maximum atomic E-state index is 4.54. The summed E-state index contributed by atoms with van der Waals surface area (Å²) in [6, 6.07) is 0.397. The molecule has 6 heteroatoms. The van der Waals surface area contributed by atoms with Crippen molar-refractivity contribution in [2.24, 2.45) is 0 Å². The molecule has 17 heavy (non-hydrogen) atoms. The lowest BCUT2D eigenvalue weighted by Gasteiger charge is -2.08. The zero-order chi connectivity index (χ0) is 12.3. The van der Waals surface area contributed by atoms with Crippen LogP contribution < -0.4 is 0 Å². The molecule has 2 aromatic heterocycles. The molecule has 0 aliphatic carbocycles. The summed E-state index contributed by atoms with van der Waals surface area (Å²) < 4.78 is 2.08. The van der Waals surface area contributed by atoms with Crippen molar-refractivity contribution in [3.63, 3.8) is 0 Å². The molecule has 0 unspecified atom stereocenters. The van der Waals surface area contributed by atoms with Gasteiger partial charge in [0, 0.05) is 17.2 Å². The predicted molar refractivity (Wildman–Crippen MR) is 71.5 cm³/mol. The lowest BCUT2D eigenvalue weighted by molar-refractivity contribution is 0.549. The molecule has 0 aromatic carbocycles. The SMILES string of the molecule is CCc1nc(CSc2nncn2C(C)C)cs1. The van der Waals surface area contributed by atoms with Crippen LogP contribution in [0.4, 0.5) is 0 Å². The Kier molecular flexibility index (Phi) is 4.17. The summed E-state index contributed by atoms with van der Waals surface area (Å²) in [6.45, 7) is 6.39. The van der Waals surface area contributed by atoms with Gasteiger partial charge in [-0.05, 0) is 20.3 Å². The minimum Gasteiger partial charge on any atom is -0.306 e. The lowest BCUT2D eigenvalue weighted by atomic mass is 10.4. The van der Waals surface area contributed by atoms with E-state index in [2.05, 4.69) is 45.9 Å². The van der Waals surface area contributed by atoms with Crippen molar-refractivity contribution in [2.75, 3.05) is 0 Å². The molecule has 0 spiro atoms. The monoisotopic (exact) mass is 268 g/mol. The molecular weight excluding hydrogens is 252 g/mol. The normalized spacial score (nSPS) is 11.3. The van der Waals surface area contributed by atoms with Gasteiger partial charge >= 0.3 is 0 Å². The highest BCUT2D eigenvalue weighted by atomic mass is 32.2. The van der Waals surface area contributed by atoms with Crippen LogP contribution in [0.25, 0.3) is 0 Å². The van der Waals surface area contributed by atoms with Crippen molar-refractivity contribution in [1.82, 2.24) is 19.7 Å². The Labute approximate surface area is 109 Å². The van der Waals surface area contributed by atoms with E-state index >= 15 is 0 Å². The fraction of sp³-hybridized carbons (Fsp3) is 0.545. The Morgan fingerprint density at radius 2 is 2.29 bits per heavy atom. The van der Waals surface area contributed by atoms with Gasteiger partial charge in [0.2, 0.25) is 0 Å². The standard InChI is InChI=1S/C11H16N4S2/c1-4-10-13-9(5-16-10)6-17-11-14-12-7-15(11)8(2)3/h5,7-8H,4,6H2,1-3H3. The quantitative estimate of drug-likeness (QED) is 0.781. The van der Waals surface area contributed by atoms with Crippen molar-refractivity contribution in [3.8, 4) is 0 Å². The molecule has 0 atom stereocenters.